The van der Waals surface area contributed by atoms with E-state index in [4.69, 9.17) is 0 Å². The molecule has 1 unspecified atom stereocenters. The van der Waals surface area contributed by atoms with Crippen molar-refractivity contribution in [2.75, 3.05) is 5.32 Å². The van der Waals surface area contributed by atoms with Gasteiger partial charge in [-0.1, -0.05) is 30.3 Å². The van der Waals surface area contributed by atoms with Crippen LogP contribution in [0.2, 0.25) is 0 Å². The van der Waals surface area contributed by atoms with E-state index in [0.717, 1.165) is 5.56 Å². The number of rotatable bonds is 5. The van der Waals surface area contributed by atoms with Gasteiger partial charge in [0, 0.05) is 19.2 Å². The standard InChI is InChI=1S/C17H17N5O3/c23-14-7-6-12(16(25)22-14)20-15(24)13-8-9-18-17(21-13)19-10-11-4-2-1-3-5-11/h1-5,8-9,12H,6-7,10H2,(H,20,24)(H,18,19,21)(H,22,23,25). The largest absolute Gasteiger partial charge is 0.350 e. The van der Waals surface area contributed by atoms with Crippen LogP contribution in [0.15, 0.2) is 42.6 Å². The second kappa shape index (κ2) is 7.52. The predicted octanol–water partition coefficient (Wildman–Crippen LogP) is 0.624. The molecular formula is C17H17N5O3. The molecule has 2 aromatic rings. The van der Waals surface area contributed by atoms with Crippen LogP contribution in [0, 0.1) is 0 Å². The van der Waals surface area contributed by atoms with Crippen molar-refractivity contribution in [2.24, 2.45) is 0 Å². The number of carbonyl (C=O) groups is 3. The van der Waals surface area contributed by atoms with Crippen molar-refractivity contribution in [1.82, 2.24) is 20.6 Å². The third-order valence-corrected chi connectivity index (χ3v) is 3.73. The van der Waals surface area contributed by atoms with E-state index in [-0.39, 0.29) is 24.4 Å². The first-order valence-corrected chi connectivity index (χ1v) is 7.87. The number of benzene rings is 1. The van der Waals surface area contributed by atoms with Crippen molar-refractivity contribution in [3.8, 4) is 0 Å². The summed E-state index contributed by atoms with van der Waals surface area (Å²) in [7, 11) is 0. The first kappa shape index (κ1) is 16.6. The fraction of sp³-hybridized carbons (Fsp3) is 0.235. The van der Waals surface area contributed by atoms with E-state index in [1.54, 1.807) is 0 Å². The molecule has 3 amide bonds. The minimum absolute atomic E-state index is 0.148. The highest BCUT2D eigenvalue weighted by molar-refractivity contribution is 6.03. The molecule has 1 aliphatic heterocycles. The average molecular weight is 339 g/mol. The summed E-state index contributed by atoms with van der Waals surface area (Å²) in [5, 5.41) is 7.83. The van der Waals surface area contributed by atoms with Gasteiger partial charge in [0.25, 0.3) is 5.91 Å². The van der Waals surface area contributed by atoms with Gasteiger partial charge in [-0.3, -0.25) is 19.7 Å². The van der Waals surface area contributed by atoms with Gasteiger partial charge in [0.1, 0.15) is 11.7 Å². The van der Waals surface area contributed by atoms with E-state index in [1.807, 2.05) is 30.3 Å². The highest BCUT2D eigenvalue weighted by Gasteiger charge is 2.28. The number of nitrogens with zero attached hydrogens (tertiary/aromatic N) is 2. The van der Waals surface area contributed by atoms with Crippen molar-refractivity contribution in [3.63, 3.8) is 0 Å². The molecule has 0 aliphatic carbocycles. The smallest absolute Gasteiger partial charge is 0.270 e. The molecule has 2 heterocycles. The van der Waals surface area contributed by atoms with Crippen LogP contribution >= 0.6 is 0 Å². The van der Waals surface area contributed by atoms with Crippen LogP contribution < -0.4 is 16.0 Å². The number of carbonyl (C=O) groups excluding carboxylic acids is 3. The molecule has 1 aromatic carbocycles. The van der Waals surface area contributed by atoms with Gasteiger partial charge in [-0.05, 0) is 18.1 Å². The van der Waals surface area contributed by atoms with E-state index < -0.39 is 17.9 Å². The summed E-state index contributed by atoms with van der Waals surface area (Å²) in [5.41, 5.74) is 1.21. The summed E-state index contributed by atoms with van der Waals surface area (Å²) >= 11 is 0. The normalized spacial score (nSPS) is 16.9. The Bertz CT molecular complexity index is 794. The van der Waals surface area contributed by atoms with E-state index in [1.165, 1.54) is 12.3 Å². The monoisotopic (exact) mass is 339 g/mol. The lowest BCUT2D eigenvalue weighted by Crippen LogP contribution is -2.52. The van der Waals surface area contributed by atoms with Crippen LogP contribution in [0.3, 0.4) is 0 Å². The Morgan fingerprint density at radius 2 is 2.00 bits per heavy atom. The van der Waals surface area contributed by atoms with Gasteiger partial charge in [-0.25, -0.2) is 9.97 Å². The van der Waals surface area contributed by atoms with Gasteiger partial charge in [0.2, 0.25) is 17.8 Å². The van der Waals surface area contributed by atoms with Gasteiger partial charge in [0.05, 0.1) is 0 Å². The third-order valence-electron chi connectivity index (χ3n) is 3.73. The quantitative estimate of drug-likeness (QED) is 0.689. The maximum atomic E-state index is 12.3. The minimum Gasteiger partial charge on any atom is -0.350 e. The van der Waals surface area contributed by atoms with Crippen LogP contribution in [0.25, 0.3) is 0 Å². The predicted molar refractivity (Wildman–Crippen MR) is 89.4 cm³/mol. The van der Waals surface area contributed by atoms with Crippen molar-refractivity contribution in [3.05, 3.63) is 53.9 Å². The molecule has 0 bridgehead atoms. The Labute approximate surface area is 144 Å². The molecule has 1 aromatic heterocycles. The lowest BCUT2D eigenvalue weighted by Gasteiger charge is -2.21. The first-order valence-electron chi connectivity index (χ1n) is 7.87. The summed E-state index contributed by atoms with van der Waals surface area (Å²) in [6.45, 7) is 0.527. The number of nitrogens with one attached hydrogen (secondary N) is 3. The number of amides is 3. The van der Waals surface area contributed by atoms with E-state index in [0.29, 0.717) is 12.5 Å². The molecule has 1 saturated heterocycles. The number of anilines is 1. The molecule has 128 valence electrons. The number of hydrogen-bond donors (Lipinski definition) is 3. The van der Waals surface area contributed by atoms with Crippen LogP contribution in [-0.2, 0) is 16.1 Å². The minimum atomic E-state index is -0.735. The Morgan fingerprint density at radius 1 is 1.20 bits per heavy atom. The highest BCUT2D eigenvalue weighted by atomic mass is 16.2. The molecule has 0 saturated carbocycles. The maximum Gasteiger partial charge on any atom is 0.270 e. The Kier molecular flexibility index (Phi) is 4.98. The van der Waals surface area contributed by atoms with Gasteiger partial charge >= 0.3 is 0 Å². The molecule has 0 radical (unpaired) electrons. The van der Waals surface area contributed by atoms with Crippen LogP contribution in [0.5, 0.6) is 0 Å². The second-order valence-electron chi connectivity index (χ2n) is 5.58. The Morgan fingerprint density at radius 3 is 2.76 bits per heavy atom. The molecular weight excluding hydrogens is 322 g/mol. The summed E-state index contributed by atoms with van der Waals surface area (Å²) in [6, 6.07) is 10.5. The van der Waals surface area contributed by atoms with Gasteiger partial charge < -0.3 is 10.6 Å². The third kappa shape index (κ3) is 4.37. The topological polar surface area (TPSA) is 113 Å². The molecule has 8 heteroatoms. The van der Waals surface area contributed by atoms with Crippen molar-refractivity contribution in [2.45, 2.75) is 25.4 Å². The molecule has 1 aliphatic rings. The number of piperidine rings is 1. The SMILES string of the molecule is O=C1CCC(NC(=O)c2ccnc(NCc3ccccc3)n2)C(=O)N1. The highest BCUT2D eigenvalue weighted by Crippen LogP contribution is 2.08. The summed E-state index contributed by atoms with van der Waals surface area (Å²) < 4.78 is 0. The van der Waals surface area contributed by atoms with Gasteiger partial charge in [0.15, 0.2) is 0 Å². The number of imide groups is 1. The van der Waals surface area contributed by atoms with Crippen molar-refractivity contribution < 1.29 is 14.4 Å². The molecule has 3 rings (SSSR count). The molecule has 0 spiro atoms. The van der Waals surface area contributed by atoms with Crippen LogP contribution in [0.1, 0.15) is 28.9 Å². The lowest BCUT2D eigenvalue weighted by atomic mass is 10.1. The zero-order valence-electron chi connectivity index (χ0n) is 13.4. The molecule has 25 heavy (non-hydrogen) atoms. The van der Waals surface area contributed by atoms with Gasteiger partial charge in [-0.2, -0.15) is 0 Å². The van der Waals surface area contributed by atoms with E-state index >= 15 is 0 Å². The summed E-state index contributed by atoms with van der Waals surface area (Å²) in [5.74, 6) is -0.995. The molecule has 1 fully saturated rings. The van der Waals surface area contributed by atoms with Crippen LogP contribution in [0.4, 0.5) is 5.95 Å². The zero-order valence-corrected chi connectivity index (χ0v) is 13.4. The Balaban J connectivity index is 1.61. The summed E-state index contributed by atoms with van der Waals surface area (Å²) in [6.07, 6.45) is 1.95. The summed E-state index contributed by atoms with van der Waals surface area (Å²) in [4.78, 5) is 43.4. The van der Waals surface area contributed by atoms with Crippen LogP contribution in [-0.4, -0.2) is 33.7 Å². The maximum absolute atomic E-state index is 12.3. The molecule has 3 N–H and O–H groups in total. The van der Waals surface area contributed by atoms with E-state index in [2.05, 4.69) is 25.9 Å². The lowest BCUT2D eigenvalue weighted by molar-refractivity contribution is -0.134. The number of aromatic nitrogens is 2. The average Bonchev–Trinajstić information content (AvgIpc) is 2.63. The molecule has 8 nitrogen and oxygen atoms in total. The van der Waals surface area contributed by atoms with E-state index in [9.17, 15) is 14.4 Å². The Hall–Kier alpha value is -3.29. The fourth-order valence-electron chi connectivity index (χ4n) is 2.41. The van der Waals surface area contributed by atoms with Gasteiger partial charge in [-0.15, -0.1) is 0 Å². The number of hydrogen-bond acceptors (Lipinski definition) is 6. The first-order chi connectivity index (χ1) is 12.1. The zero-order chi connectivity index (χ0) is 17.6. The second-order valence-corrected chi connectivity index (χ2v) is 5.58. The fourth-order valence-corrected chi connectivity index (χ4v) is 2.41. The molecule has 1 atom stereocenters. The van der Waals surface area contributed by atoms with Crippen molar-refractivity contribution >= 4 is 23.7 Å². The van der Waals surface area contributed by atoms with Crippen molar-refractivity contribution in [1.29, 1.82) is 0 Å².